The number of rotatable bonds is 3. The predicted molar refractivity (Wildman–Crippen MR) is 77.3 cm³/mol. The van der Waals surface area contributed by atoms with E-state index in [1.54, 1.807) is 12.1 Å². The number of hydrogen-bond donors (Lipinski definition) is 1. The molecule has 1 aliphatic rings. The Labute approximate surface area is 121 Å². The standard InChI is InChI=1S/C14H17N3O4/c1-14(2)8-9(6-7-20-14)15-13-16-12-10(17(18)19)4-3-5-11(12)21-13/h3-5,9H,6-8H2,1-2H3,(H,15,16). The Hall–Kier alpha value is -2.15. The summed E-state index contributed by atoms with van der Waals surface area (Å²) in [4.78, 5) is 14.7. The number of aromatic nitrogens is 1. The first kappa shape index (κ1) is 13.8. The smallest absolute Gasteiger partial charge is 0.298 e. The summed E-state index contributed by atoms with van der Waals surface area (Å²) >= 11 is 0. The number of para-hydroxylation sites is 1. The first-order valence-electron chi connectivity index (χ1n) is 6.89. The molecule has 1 aromatic carbocycles. The van der Waals surface area contributed by atoms with Crippen LogP contribution in [0, 0.1) is 10.1 Å². The summed E-state index contributed by atoms with van der Waals surface area (Å²) in [6.45, 7) is 4.75. The summed E-state index contributed by atoms with van der Waals surface area (Å²) in [5.41, 5.74) is 0.458. The number of hydrogen-bond acceptors (Lipinski definition) is 6. The van der Waals surface area contributed by atoms with E-state index in [0.29, 0.717) is 18.2 Å². The number of non-ortho nitro benzene ring substituents is 1. The van der Waals surface area contributed by atoms with Gasteiger partial charge in [0.2, 0.25) is 0 Å². The predicted octanol–water partition coefficient (Wildman–Crippen LogP) is 3.11. The molecule has 1 fully saturated rings. The summed E-state index contributed by atoms with van der Waals surface area (Å²) in [7, 11) is 0. The van der Waals surface area contributed by atoms with Crippen LogP contribution in [0.15, 0.2) is 22.6 Å². The third-order valence-electron chi connectivity index (χ3n) is 3.62. The molecule has 112 valence electrons. The molecule has 1 saturated heterocycles. The van der Waals surface area contributed by atoms with Crippen LogP contribution in [-0.2, 0) is 4.74 Å². The maximum Gasteiger partial charge on any atom is 0.298 e. The van der Waals surface area contributed by atoms with E-state index in [1.807, 2.05) is 13.8 Å². The zero-order valence-electron chi connectivity index (χ0n) is 12.0. The highest BCUT2D eigenvalue weighted by atomic mass is 16.6. The van der Waals surface area contributed by atoms with Crippen LogP contribution in [0.2, 0.25) is 0 Å². The van der Waals surface area contributed by atoms with E-state index in [4.69, 9.17) is 9.15 Å². The number of fused-ring (bicyclic) bond motifs is 1. The molecule has 0 radical (unpaired) electrons. The van der Waals surface area contributed by atoms with Crippen LogP contribution in [-0.4, -0.2) is 28.2 Å². The van der Waals surface area contributed by atoms with Crippen molar-refractivity contribution in [2.75, 3.05) is 11.9 Å². The van der Waals surface area contributed by atoms with E-state index in [0.717, 1.165) is 12.8 Å². The molecular weight excluding hydrogens is 274 g/mol. The summed E-state index contributed by atoms with van der Waals surface area (Å²) in [5.74, 6) is 0. The molecule has 0 saturated carbocycles. The second-order valence-corrected chi connectivity index (χ2v) is 5.84. The number of anilines is 1. The monoisotopic (exact) mass is 291 g/mol. The van der Waals surface area contributed by atoms with Gasteiger partial charge in [-0.3, -0.25) is 10.1 Å². The Kier molecular flexibility index (Phi) is 3.29. The molecular formula is C14H17N3O4. The molecule has 7 nitrogen and oxygen atoms in total. The fourth-order valence-corrected chi connectivity index (χ4v) is 2.67. The quantitative estimate of drug-likeness (QED) is 0.690. The minimum Gasteiger partial charge on any atom is -0.423 e. The maximum atomic E-state index is 11.0. The zero-order chi connectivity index (χ0) is 15.0. The van der Waals surface area contributed by atoms with E-state index in [9.17, 15) is 10.1 Å². The molecule has 2 heterocycles. The van der Waals surface area contributed by atoms with Crippen LogP contribution >= 0.6 is 0 Å². The Morgan fingerprint density at radius 1 is 1.48 bits per heavy atom. The van der Waals surface area contributed by atoms with Gasteiger partial charge in [-0.05, 0) is 32.8 Å². The van der Waals surface area contributed by atoms with Crippen molar-refractivity contribution >= 4 is 22.8 Å². The van der Waals surface area contributed by atoms with E-state index in [2.05, 4.69) is 10.3 Å². The van der Waals surface area contributed by atoms with E-state index in [1.165, 1.54) is 6.07 Å². The van der Waals surface area contributed by atoms with E-state index < -0.39 is 4.92 Å². The second kappa shape index (κ2) is 5.00. The average Bonchev–Trinajstić information content (AvgIpc) is 2.78. The third kappa shape index (κ3) is 2.82. The first-order chi connectivity index (χ1) is 9.94. The first-order valence-corrected chi connectivity index (χ1v) is 6.89. The molecule has 1 aromatic heterocycles. The average molecular weight is 291 g/mol. The SMILES string of the molecule is CC1(C)CC(Nc2nc3c([N+](=O)[O-])cccc3o2)CCO1. The Morgan fingerprint density at radius 3 is 3.00 bits per heavy atom. The van der Waals surface area contributed by atoms with Gasteiger partial charge in [-0.2, -0.15) is 4.98 Å². The van der Waals surface area contributed by atoms with Crippen molar-refractivity contribution in [2.24, 2.45) is 0 Å². The fourth-order valence-electron chi connectivity index (χ4n) is 2.67. The van der Waals surface area contributed by atoms with Gasteiger partial charge in [-0.1, -0.05) is 6.07 Å². The van der Waals surface area contributed by atoms with Gasteiger partial charge < -0.3 is 14.5 Å². The van der Waals surface area contributed by atoms with Gasteiger partial charge >= 0.3 is 0 Å². The number of nitrogens with one attached hydrogen (secondary N) is 1. The van der Waals surface area contributed by atoms with Crippen molar-refractivity contribution in [1.82, 2.24) is 4.98 Å². The highest BCUT2D eigenvalue weighted by Gasteiger charge is 2.29. The minimum atomic E-state index is -0.452. The molecule has 21 heavy (non-hydrogen) atoms. The highest BCUT2D eigenvalue weighted by molar-refractivity contribution is 5.84. The van der Waals surface area contributed by atoms with Crippen LogP contribution in [0.5, 0.6) is 0 Å². The normalized spacial score (nSPS) is 21.3. The summed E-state index contributed by atoms with van der Waals surface area (Å²) in [6.07, 6.45) is 1.68. The lowest BCUT2D eigenvalue weighted by Crippen LogP contribution is -2.40. The lowest BCUT2D eigenvalue weighted by atomic mass is 9.94. The van der Waals surface area contributed by atoms with Crippen LogP contribution in [0.3, 0.4) is 0 Å². The Balaban J connectivity index is 1.85. The van der Waals surface area contributed by atoms with Crippen molar-refractivity contribution in [3.05, 3.63) is 28.3 Å². The third-order valence-corrected chi connectivity index (χ3v) is 3.62. The number of nitro groups is 1. The molecule has 0 spiro atoms. The largest absolute Gasteiger partial charge is 0.423 e. The van der Waals surface area contributed by atoms with Crippen LogP contribution in [0.1, 0.15) is 26.7 Å². The number of nitro benzene ring substituents is 1. The van der Waals surface area contributed by atoms with Gasteiger partial charge in [0.1, 0.15) is 0 Å². The topological polar surface area (TPSA) is 90.4 Å². The maximum absolute atomic E-state index is 11.0. The van der Waals surface area contributed by atoms with Gasteiger partial charge in [0.15, 0.2) is 11.1 Å². The molecule has 0 bridgehead atoms. The van der Waals surface area contributed by atoms with E-state index in [-0.39, 0.29) is 22.8 Å². The molecule has 1 atom stereocenters. The number of oxazole rings is 1. The number of nitrogens with zero attached hydrogens (tertiary/aromatic N) is 2. The molecule has 0 amide bonds. The number of ether oxygens (including phenoxy) is 1. The second-order valence-electron chi connectivity index (χ2n) is 5.84. The Morgan fingerprint density at radius 2 is 2.29 bits per heavy atom. The zero-order valence-corrected chi connectivity index (χ0v) is 12.0. The molecule has 1 unspecified atom stereocenters. The lowest BCUT2D eigenvalue weighted by molar-refractivity contribution is -0.383. The van der Waals surface area contributed by atoms with Gasteiger partial charge in [0.05, 0.1) is 10.5 Å². The van der Waals surface area contributed by atoms with Gasteiger partial charge in [0, 0.05) is 18.7 Å². The van der Waals surface area contributed by atoms with Crippen molar-refractivity contribution in [2.45, 2.75) is 38.3 Å². The van der Waals surface area contributed by atoms with Crippen molar-refractivity contribution in [3.8, 4) is 0 Å². The Bertz CT molecular complexity index is 680. The van der Waals surface area contributed by atoms with Crippen molar-refractivity contribution in [3.63, 3.8) is 0 Å². The highest BCUT2D eigenvalue weighted by Crippen LogP contribution is 2.30. The molecule has 1 N–H and O–H groups in total. The molecule has 7 heteroatoms. The summed E-state index contributed by atoms with van der Waals surface area (Å²) in [5, 5.41) is 14.2. The molecule has 0 aliphatic carbocycles. The van der Waals surface area contributed by atoms with Gasteiger partial charge in [-0.25, -0.2) is 0 Å². The van der Waals surface area contributed by atoms with Gasteiger partial charge in [0.25, 0.3) is 11.7 Å². The fraction of sp³-hybridized carbons (Fsp3) is 0.500. The van der Waals surface area contributed by atoms with Crippen molar-refractivity contribution in [1.29, 1.82) is 0 Å². The molecule has 1 aliphatic heterocycles. The van der Waals surface area contributed by atoms with Crippen LogP contribution < -0.4 is 5.32 Å². The van der Waals surface area contributed by atoms with Crippen LogP contribution in [0.25, 0.3) is 11.1 Å². The van der Waals surface area contributed by atoms with Crippen molar-refractivity contribution < 1.29 is 14.1 Å². The minimum absolute atomic E-state index is 0.0448. The summed E-state index contributed by atoms with van der Waals surface area (Å²) in [6, 6.07) is 5.19. The summed E-state index contributed by atoms with van der Waals surface area (Å²) < 4.78 is 11.2. The van der Waals surface area contributed by atoms with Gasteiger partial charge in [-0.15, -0.1) is 0 Å². The molecule has 3 rings (SSSR count). The lowest BCUT2D eigenvalue weighted by Gasteiger charge is -2.35. The van der Waals surface area contributed by atoms with E-state index >= 15 is 0 Å². The number of benzene rings is 1. The van der Waals surface area contributed by atoms with Crippen LogP contribution in [0.4, 0.5) is 11.7 Å². The molecule has 2 aromatic rings.